The van der Waals surface area contributed by atoms with Crippen molar-refractivity contribution in [3.8, 4) is 0 Å². The Morgan fingerprint density at radius 2 is 2.00 bits per heavy atom. The number of amides is 1. The Balaban J connectivity index is 1.48. The van der Waals surface area contributed by atoms with E-state index >= 15 is 0 Å². The number of aryl methyl sites for hydroxylation is 2. The lowest BCUT2D eigenvalue weighted by Gasteiger charge is -2.35. The van der Waals surface area contributed by atoms with E-state index in [4.69, 9.17) is 4.52 Å². The predicted molar refractivity (Wildman–Crippen MR) is 97.2 cm³/mol. The van der Waals surface area contributed by atoms with Gasteiger partial charge in [0.05, 0.1) is 5.69 Å². The van der Waals surface area contributed by atoms with Crippen molar-refractivity contribution in [1.29, 1.82) is 0 Å². The summed E-state index contributed by atoms with van der Waals surface area (Å²) in [5.41, 5.74) is 3.75. The first-order valence-electron chi connectivity index (χ1n) is 9.32. The third-order valence-electron chi connectivity index (χ3n) is 5.29. The van der Waals surface area contributed by atoms with Gasteiger partial charge in [0.2, 0.25) is 5.91 Å². The van der Waals surface area contributed by atoms with Crippen molar-refractivity contribution in [2.45, 2.75) is 52.6 Å². The Morgan fingerprint density at radius 3 is 2.64 bits per heavy atom. The fourth-order valence-electron chi connectivity index (χ4n) is 3.89. The van der Waals surface area contributed by atoms with E-state index in [0.29, 0.717) is 6.04 Å². The summed E-state index contributed by atoms with van der Waals surface area (Å²) >= 11 is 0. The van der Waals surface area contributed by atoms with E-state index in [2.05, 4.69) is 26.3 Å². The van der Waals surface area contributed by atoms with Crippen LogP contribution in [0.15, 0.2) is 16.2 Å². The fraction of sp³-hybridized carbons (Fsp3) is 0.684. The first kappa shape index (κ1) is 18.1. The van der Waals surface area contributed by atoms with Gasteiger partial charge >= 0.3 is 0 Å². The highest BCUT2D eigenvalue weighted by Crippen LogP contribution is 2.20. The summed E-state index contributed by atoms with van der Waals surface area (Å²) in [4.78, 5) is 16.2. The Bertz CT molecular complexity index is 610. The fourth-order valence-corrected chi connectivity index (χ4v) is 3.89. The predicted octanol–water partition coefficient (Wildman–Crippen LogP) is 2.02. The van der Waals surface area contributed by atoms with Gasteiger partial charge in [-0.1, -0.05) is 11.2 Å². The van der Waals surface area contributed by atoms with Crippen molar-refractivity contribution >= 4 is 5.91 Å². The molecule has 0 aromatic carbocycles. The maximum Gasteiger partial charge on any atom is 0.217 e. The third kappa shape index (κ3) is 4.92. The highest BCUT2D eigenvalue weighted by atomic mass is 16.5. The number of carbonyl (C=O) groups excluding carboxylic acids is 1. The van der Waals surface area contributed by atoms with Crippen molar-refractivity contribution in [3.05, 3.63) is 28.7 Å². The van der Waals surface area contributed by atoms with Crippen molar-refractivity contribution in [2.75, 3.05) is 32.7 Å². The highest BCUT2D eigenvalue weighted by Gasteiger charge is 2.22. The standard InChI is InChI=1S/C19H30N4O2/c1-14-19(15(2)25-21-14)13-23-8-4-5-17(12-23)11-22-9-6-18(7-10-22)20-16(3)24/h5,18H,4,6-13H2,1-3H3,(H,20,24). The molecule has 2 aliphatic heterocycles. The molecule has 0 spiro atoms. The Morgan fingerprint density at radius 1 is 1.24 bits per heavy atom. The molecular formula is C19H30N4O2. The second-order valence-electron chi connectivity index (χ2n) is 7.42. The SMILES string of the molecule is CC(=O)NC1CCN(CC2=CCCN(Cc3c(C)noc3C)C2)CC1. The second kappa shape index (κ2) is 8.15. The summed E-state index contributed by atoms with van der Waals surface area (Å²) in [6.07, 6.45) is 5.62. The molecule has 6 nitrogen and oxygen atoms in total. The Hall–Kier alpha value is -1.66. The summed E-state index contributed by atoms with van der Waals surface area (Å²) in [7, 11) is 0. The van der Waals surface area contributed by atoms with Gasteiger partial charge in [-0.05, 0) is 38.7 Å². The van der Waals surface area contributed by atoms with Crippen molar-refractivity contribution in [2.24, 2.45) is 0 Å². The molecule has 1 N–H and O–H groups in total. The highest BCUT2D eigenvalue weighted by molar-refractivity contribution is 5.73. The van der Waals surface area contributed by atoms with Crippen molar-refractivity contribution < 1.29 is 9.32 Å². The maximum atomic E-state index is 11.2. The molecule has 0 unspecified atom stereocenters. The normalized spacial score (nSPS) is 20.5. The molecule has 0 radical (unpaired) electrons. The van der Waals surface area contributed by atoms with E-state index in [1.54, 1.807) is 6.92 Å². The van der Waals surface area contributed by atoms with Gasteiger partial charge in [0.15, 0.2) is 0 Å². The molecule has 0 aliphatic carbocycles. The molecule has 0 saturated carbocycles. The number of rotatable bonds is 5. The monoisotopic (exact) mass is 346 g/mol. The van der Waals surface area contributed by atoms with Gasteiger partial charge in [-0.15, -0.1) is 0 Å². The number of piperidine rings is 1. The number of aromatic nitrogens is 1. The zero-order chi connectivity index (χ0) is 17.8. The second-order valence-corrected chi connectivity index (χ2v) is 7.42. The molecule has 1 fully saturated rings. The quantitative estimate of drug-likeness (QED) is 0.827. The van der Waals surface area contributed by atoms with E-state index < -0.39 is 0 Å². The van der Waals surface area contributed by atoms with E-state index in [1.807, 2.05) is 13.8 Å². The molecule has 25 heavy (non-hydrogen) atoms. The van der Waals surface area contributed by atoms with E-state index in [9.17, 15) is 4.79 Å². The van der Waals surface area contributed by atoms with Crippen LogP contribution in [0.3, 0.4) is 0 Å². The van der Waals surface area contributed by atoms with Crippen LogP contribution in [0.4, 0.5) is 0 Å². The van der Waals surface area contributed by atoms with Crippen LogP contribution in [0.25, 0.3) is 0 Å². The molecule has 2 aliphatic rings. The Kier molecular flexibility index (Phi) is 5.91. The van der Waals surface area contributed by atoms with Crippen LogP contribution in [-0.4, -0.2) is 59.6 Å². The first-order chi connectivity index (χ1) is 12.0. The van der Waals surface area contributed by atoms with Gasteiger partial charge in [-0.2, -0.15) is 0 Å². The van der Waals surface area contributed by atoms with Crippen LogP contribution >= 0.6 is 0 Å². The summed E-state index contributed by atoms with van der Waals surface area (Å²) in [6, 6.07) is 0.352. The third-order valence-corrected chi connectivity index (χ3v) is 5.29. The number of carbonyl (C=O) groups is 1. The van der Waals surface area contributed by atoms with Crippen LogP contribution in [0.2, 0.25) is 0 Å². The van der Waals surface area contributed by atoms with Crippen LogP contribution < -0.4 is 5.32 Å². The van der Waals surface area contributed by atoms with Gasteiger partial charge < -0.3 is 9.84 Å². The van der Waals surface area contributed by atoms with E-state index in [0.717, 1.165) is 70.0 Å². The molecule has 1 aromatic heterocycles. The molecule has 3 rings (SSSR count). The lowest BCUT2D eigenvalue weighted by molar-refractivity contribution is -0.119. The molecule has 1 aromatic rings. The lowest BCUT2D eigenvalue weighted by atomic mass is 10.0. The lowest BCUT2D eigenvalue weighted by Crippen LogP contribution is -2.45. The largest absolute Gasteiger partial charge is 0.361 e. The molecular weight excluding hydrogens is 316 g/mol. The summed E-state index contributed by atoms with van der Waals surface area (Å²) in [5.74, 6) is 1.03. The minimum absolute atomic E-state index is 0.0865. The molecule has 138 valence electrons. The minimum atomic E-state index is 0.0865. The number of hydrogen-bond donors (Lipinski definition) is 1. The minimum Gasteiger partial charge on any atom is -0.361 e. The van der Waals surface area contributed by atoms with Crippen LogP contribution in [0.1, 0.15) is 43.2 Å². The van der Waals surface area contributed by atoms with Gasteiger partial charge in [-0.25, -0.2) is 0 Å². The number of nitrogens with zero attached hydrogens (tertiary/aromatic N) is 3. The molecule has 1 amide bonds. The summed E-state index contributed by atoms with van der Waals surface area (Å²) in [5, 5.41) is 7.11. The van der Waals surface area contributed by atoms with Crippen LogP contribution in [-0.2, 0) is 11.3 Å². The smallest absolute Gasteiger partial charge is 0.217 e. The average molecular weight is 346 g/mol. The number of nitrogens with one attached hydrogen (secondary N) is 1. The molecule has 1 saturated heterocycles. The van der Waals surface area contributed by atoms with Crippen molar-refractivity contribution in [3.63, 3.8) is 0 Å². The van der Waals surface area contributed by atoms with Crippen LogP contribution in [0, 0.1) is 13.8 Å². The molecule has 0 bridgehead atoms. The Labute approximate surface area is 150 Å². The van der Waals surface area contributed by atoms with Gasteiger partial charge in [0, 0.05) is 57.8 Å². The van der Waals surface area contributed by atoms with E-state index in [1.165, 1.54) is 11.1 Å². The average Bonchev–Trinajstić information content (AvgIpc) is 2.89. The van der Waals surface area contributed by atoms with Gasteiger partial charge in [-0.3, -0.25) is 14.6 Å². The van der Waals surface area contributed by atoms with Gasteiger partial charge in [0.25, 0.3) is 0 Å². The van der Waals surface area contributed by atoms with E-state index in [-0.39, 0.29) is 5.91 Å². The zero-order valence-electron chi connectivity index (χ0n) is 15.7. The number of hydrogen-bond acceptors (Lipinski definition) is 5. The first-order valence-corrected chi connectivity index (χ1v) is 9.32. The zero-order valence-corrected chi connectivity index (χ0v) is 15.7. The molecule has 6 heteroatoms. The molecule has 3 heterocycles. The molecule has 0 atom stereocenters. The summed E-state index contributed by atoms with van der Waals surface area (Å²) in [6.45, 7) is 11.8. The van der Waals surface area contributed by atoms with Crippen molar-refractivity contribution in [1.82, 2.24) is 20.3 Å². The summed E-state index contributed by atoms with van der Waals surface area (Å²) < 4.78 is 5.29. The van der Waals surface area contributed by atoms with Crippen LogP contribution in [0.5, 0.6) is 0 Å². The maximum absolute atomic E-state index is 11.2. The topological polar surface area (TPSA) is 61.6 Å². The number of likely N-dealkylation sites (tertiary alicyclic amines) is 1. The van der Waals surface area contributed by atoms with Gasteiger partial charge in [0.1, 0.15) is 5.76 Å².